The third kappa shape index (κ3) is 3.78. The number of hydrogen-bond acceptors (Lipinski definition) is 4. The molecule has 0 fully saturated rings. The van der Waals surface area contributed by atoms with Gasteiger partial charge >= 0.3 is 5.63 Å². The summed E-state index contributed by atoms with van der Waals surface area (Å²) in [5, 5.41) is 0.804. The molecule has 0 spiro atoms. The van der Waals surface area contributed by atoms with Gasteiger partial charge in [-0.3, -0.25) is 4.79 Å². The van der Waals surface area contributed by atoms with Crippen LogP contribution in [-0.4, -0.2) is 35.4 Å². The monoisotopic (exact) mass is 333 g/mol. The van der Waals surface area contributed by atoms with Crippen molar-refractivity contribution in [3.05, 3.63) is 45.8 Å². The van der Waals surface area contributed by atoms with E-state index in [1.807, 2.05) is 36.9 Å². The smallest absolute Gasteiger partial charge is 0.349 e. The number of hydrogen-bond donors (Lipinski definition) is 0. The fraction of sp³-hybridized carbons (Fsp3) is 0.444. The van der Waals surface area contributed by atoms with E-state index in [0.717, 1.165) is 23.3 Å². The predicted molar refractivity (Wildman–Crippen MR) is 96.4 cm³/mol. The fourth-order valence-corrected chi connectivity index (χ4v) is 3.32. The normalized spacial score (nSPS) is 12.3. The first-order valence-corrected chi connectivity index (χ1v) is 9.00. The first-order valence-electron chi connectivity index (χ1n) is 7.84. The van der Waals surface area contributed by atoms with Crippen LogP contribution < -0.4 is 5.63 Å². The zero-order valence-corrected chi connectivity index (χ0v) is 14.9. The summed E-state index contributed by atoms with van der Waals surface area (Å²) in [6.45, 7) is 5.93. The second-order valence-electron chi connectivity index (χ2n) is 5.64. The Morgan fingerprint density at radius 2 is 2.04 bits per heavy atom. The second kappa shape index (κ2) is 7.68. The molecule has 0 aliphatic rings. The molecule has 0 saturated heterocycles. The number of benzene rings is 1. The fourth-order valence-electron chi connectivity index (χ4n) is 2.52. The highest BCUT2D eigenvalue weighted by Gasteiger charge is 2.24. The van der Waals surface area contributed by atoms with Gasteiger partial charge in [0.05, 0.1) is 0 Å². The minimum absolute atomic E-state index is 0.0758. The van der Waals surface area contributed by atoms with Crippen molar-refractivity contribution in [2.45, 2.75) is 33.2 Å². The number of amides is 1. The molecule has 1 atom stereocenters. The lowest BCUT2D eigenvalue weighted by atomic mass is 10.0. The van der Waals surface area contributed by atoms with Crippen molar-refractivity contribution in [1.29, 1.82) is 0 Å². The second-order valence-corrected chi connectivity index (χ2v) is 7.03. The van der Waals surface area contributed by atoms with Gasteiger partial charge in [0.1, 0.15) is 11.1 Å². The maximum absolute atomic E-state index is 12.8. The lowest BCUT2D eigenvalue weighted by Crippen LogP contribution is -2.38. The number of carbonyl (C=O) groups is 1. The van der Waals surface area contributed by atoms with Gasteiger partial charge in [0.25, 0.3) is 5.91 Å². The van der Waals surface area contributed by atoms with E-state index in [1.165, 1.54) is 0 Å². The Balaban J connectivity index is 2.32. The highest BCUT2D eigenvalue weighted by Crippen LogP contribution is 2.20. The molecule has 2 rings (SSSR count). The Labute approximate surface area is 140 Å². The summed E-state index contributed by atoms with van der Waals surface area (Å²) in [5.74, 6) is 1.80. The predicted octanol–water partition coefficient (Wildman–Crippen LogP) is 3.71. The number of rotatable bonds is 6. The molecule has 0 aliphatic heterocycles. The van der Waals surface area contributed by atoms with Crippen molar-refractivity contribution < 1.29 is 9.21 Å². The number of fused-ring (bicyclic) bond motifs is 1. The molecule has 5 heteroatoms. The minimum atomic E-state index is -0.562. The molecule has 1 heterocycles. The summed E-state index contributed by atoms with van der Waals surface area (Å²) in [4.78, 5) is 26.7. The van der Waals surface area contributed by atoms with E-state index in [1.54, 1.807) is 24.9 Å². The van der Waals surface area contributed by atoms with Gasteiger partial charge in [0.2, 0.25) is 0 Å². The Hall–Kier alpha value is -1.75. The highest BCUT2D eigenvalue weighted by molar-refractivity contribution is 7.99. The largest absolute Gasteiger partial charge is 0.422 e. The van der Waals surface area contributed by atoms with E-state index in [-0.39, 0.29) is 17.5 Å². The molecule has 124 valence electrons. The van der Waals surface area contributed by atoms with Gasteiger partial charge in [-0.25, -0.2) is 4.79 Å². The maximum Gasteiger partial charge on any atom is 0.349 e. The lowest BCUT2D eigenvalue weighted by molar-refractivity contribution is 0.0736. The number of nitrogens with zero attached hydrogens (tertiary/aromatic N) is 1. The van der Waals surface area contributed by atoms with Gasteiger partial charge in [0.15, 0.2) is 0 Å². The van der Waals surface area contributed by atoms with Crippen molar-refractivity contribution >= 4 is 28.6 Å². The van der Waals surface area contributed by atoms with Crippen LogP contribution in [0.2, 0.25) is 0 Å². The van der Waals surface area contributed by atoms with Crippen LogP contribution in [0.15, 0.2) is 33.5 Å². The van der Waals surface area contributed by atoms with Crippen molar-refractivity contribution in [1.82, 2.24) is 4.90 Å². The van der Waals surface area contributed by atoms with Crippen LogP contribution in [0.1, 0.15) is 36.2 Å². The molecule has 2 aromatic rings. The van der Waals surface area contributed by atoms with Gasteiger partial charge in [-0.1, -0.05) is 25.1 Å². The Kier molecular flexibility index (Phi) is 5.88. The molecule has 1 aromatic carbocycles. The van der Waals surface area contributed by atoms with Crippen LogP contribution >= 0.6 is 11.8 Å². The van der Waals surface area contributed by atoms with Crippen LogP contribution in [0.3, 0.4) is 0 Å². The molecule has 0 N–H and O–H groups in total. The molecule has 1 amide bonds. The van der Waals surface area contributed by atoms with Crippen molar-refractivity contribution in [2.24, 2.45) is 0 Å². The van der Waals surface area contributed by atoms with Gasteiger partial charge in [0, 0.05) is 18.5 Å². The molecule has 4 nitrogen and oxygen atoms in total. The lowest BCUT2D eigenvalue weighted by Gasteiger charge is -2.25. The minimum Gasteiger partial charge on any atom is -0.422 e. The number of carbonyl (C=O) groups excluding carboxylic acids is 1. The summed E-state index contributed by atoms with van der Waals surface area (Å²) < 4.78 is 5.32. The average Bonchev–Trinajstić information content (AvgIpc) is 2.54. The van der Waals surface area contributed by atoms with Crippen LogP contribution in [0.4, 0.5) is 0 Å². The van der Waals surface area contributed by atoms with Gasteiger partial charge < -0.3 is 9.32 Å². The van der Waals surface area contributed by atoms with Crippen molar-refractivity contribution in [3.8, 4) is 0 Å². The Morgan fingerprint density at radius 1 is 1.35 bits per heavy atom. The number of thioether (sulfide) groups is 1. The standard InChI is InChI=1S/C18H23NO3S/c1-5-23-11-10-12(2)19(4)17(20)16-13(3)14-8-6-7-9-15(14)22-18(16)21/h6-9,12H,5,10-11H2,1-4H3. The summed E-state index contributed by atoms with van der Waals surface area (Å²) in [5.41, 5.74) is 0.778. The molecular weight excluding hydrogens is 310 g/mol. The molecule has 1 aromatic heterocycles. The zero-order chi connectivity index (χ0) is 17.0. The molecule has 0 bridgehead atoms. The van der Waals surface area contributed by atoms with Crippen LogP contribution in [0.5, 0.6) is 0 Å². The summed E-state index contributed by atoms with van der Waals surface area (Å²) in [6, 6.07) is 7.37. The van der Waals surface area contributed by atoms with E-state index >= 15 is 0 Å². The Morgan fingerprint density at radius 3 is 2.74 bits per heavy atom. The van der Waals surface area contributed by atoms with Crippen LogP contribution in [-0.2, 0) is 0 Å². The van der Waals surface area contributed by atoms with E-state index in [9.17, 15) is 9.59 Å². The van der Waals surface area contributed by atoms with E-state index in [0.29, 0.717) is 11.1 Å². The maximum atomic E-state index is 12.8. The molecule has 0 saturated carbocycles. The van der Waals surface area contributed by atoms with Crippen LogP contribution in [0, 0.1) is 6.92 Å². The zero-order valence-electron chi connectivity index (χ0n) is 14.1. The van der Waals surface area contributed by atoms with Gasteiger partial charge in [-0.15, -0.1) is 0 Å². The quantitative estimate of drug-likeness (QED) is 0.597. The van der Waals surface area contributed by atoms with Gasteiger partial charge in [-0.05, 0) is 43.4 Å². The summed E-state index contributed by atoms with van der Waals surface area (Å²) in [7, 11) is 1.75. The summed E-state index contributed by atoms with van der Waals surface area (Å²) in [6.07, 6.45) is 0.901. The van der Waals surface area contributed by atoms with Gasteiger partial charge in [-0.2, -0.15) is 11.8 Å². The first kappa shape index (κ1) is 17.6. The molecule has 1 unspecified atom stereocenters. The third-order valence-electron chi connectivity index (χ3n) is 4.15. The van der Waals surface area contributed by atoms with E-state index in [2.05, 4.69) is 6.92 Å². The van der Waals surface area contributed by atoms with Crippen molar-refractivity contribution in [2.75, 3.05) is 18.6 Å². The van der Waals surface area contributed by atoms with E-state index in [4.69, 9.17) is 4.42 Å². The third-order valence-corrected chi connectivity index (χ3v) is 5.08. The molecule has 23 heavy (non-hydrogen) atoms. The summed E-state index contributed by atoms with van der Waals surface area (Å²) >= 11 is 1.85. The average molecular weight is 333 g/mol. The van der Waals surface area contributed by atoms with Crippen molar-refractivity contribution in [3.63, 3.8) is 0 Å². The SMILES string of the molecule is CCSCCC(C)N(C)C(=O)c1c(C)c2ccccc2oc1=O. The number of aryl methyl sites for hydroxylation is 1. The molecule has 0 aliphatic carbocycles. The number of para-hydroxylation sites is 1. The molecule has 0 radical (unpaired) electrons. The molecular formula is C18H23NO3S. The first-order chi connectivity index (χ1) is 11.0. The highest BCUT2D eigenvalue weighted by atomic mass is 32.2. The topological polar surface area (TPSA) is 50.5 Å². The van der Waals surface area contributed by atoms with Crippen LogP contribution in [0.25, 0.3) is 11.0 Å². The Bertz CT molecular complexity index is 754. The van der Waals surface area contributed by atoms with E-state index < -0.39 is 5.63 Å².